The molecule has 0 radical (unpaired) electrons. The van der Waals surface area contributed by atoms with Crippen LogP contribution in [0.1, 0.15) is 45.4 Å². The molecule has 0 aromatic carbocycles. The Hall–Kier alpha value is -0.850. The van der Waals surface area contributed by atoms with Crippen LogP contribution in [0.5, 0.6) is 0 Å². The third kappa shape index (κ3) is 4.07. The van der Waals surface area contributed by atoms with Crippen LogP contribution in [0.2, 0.25) is 0 Å². The molecule has 0 saturated heterocycles. The predicted octanol–water partition coefficient (Wildman–Crippen LogP) is 3.62. The van der Waals surface area contributed by atoms with Gasteiger partial charge in [-0.1, -0.05) is 40.2 Å². The Bertz CT molecular complexity index is 218. The first kappa shape index (κ1) is 12.2. The fraction of sp³-hybridized carbons (Fsp3) is 0.583. The van der Waals surface area contributed by atoms with Crippen LogP contribution < -0.4 is 0 Å². The van der Waals surface area contributed by atoms with E-state index in [1.807, 2.05) is 26.1 Å². The Morgan fingerprint density at radius 1 is 1.23 bits per heavy atom. The molecule has 1 nitrogen and oxygen atoms in total. The summed E-state index contributed by atoms with van der Waals surface area (Å²) in [4.78, 5) is 4.32. The highest BCUT2D eigenvalue weighted by atomic mass is 14.7. The summed E-state index contributed by atoms with van der Waals surface area (Å²) in [6.45, 7) is 8.36. The van der Waals surface area contributed by atoms with Crippen LogP contribution >= 0.6 is 0 Å². The summed E-state index contributed by atoms with van der Waals surface area (Å²) in [5.74, 6) is 0. The lowest BCUT2D eigenvalue weighted by Crippen LogP contribution is -1.94. The van der Waals surface area contributed by atoms with E-state index in [0.717, 1.165) is 12.8 Å². The highest BCUT2D eigenvalue weighted by molar-refractivity contribution is 5.19. The van der Waals surface area contributed by atoms with Gasteiger partial charge in [0, 0.05) is 11.9 Å². The largest absolute Gasteiger partial charge is 0.261 e. The van der Waals surface area contributed by atoms with Crippen molar-refractivity contribution >= 4 is 0 Å². The van der Waals surface area contributed by atoms with Gasteiger partial charge in [0.2, 0.25) is 0 Å². The summed E-state index contributed by atoms with van der Waals surface area (Å²) >= 11 is 0. The molecule has 0 aliphatic rings. The fourth-order valence-corrected chi connectivity index (χ4v) is 1.29. The van der Waals surface area contributed by atoms with Gasteiger partial charge >= 0.3 is 0 Å². The Kier molecular flexibility index (Phi) is 7.27. The van der Waals surface area contributed by atoms with Gasteiger partial charge in [-0.2, -0.15) is 0 Å². The Balaban J connectivity index is 0.000000671. The smallest absolute Gasteiger partial charge is 0.0432 e. The summed E-state index contributed by atoms with van der Waals surface area (Å²) < 4.78 is 0. The third-order valence-electron chi connectivity index (χ3n) is 1.84. The van der Waals surface area contributed by atoms with E-state index in [1.165, 1.54) is 17.7 Å². The maximum absolute atomic E-state index is 4.32. The molecule has 0 fully saturated rings. The third-order valence-corrected chi connectivity index (χ3v) is 1.84. The molecule has 1 heteroatoms. The standard InChI is InChI=1S/C10H15N.C2H6/c1-3-6-9-7-5-8-11-10(9)4-2;1-2/h5,7-8H,3-4,6H2,1-2H3;1-2H3. The summed E-state index contributed by atoms with van der Waals surface area (Å²) in [6.07, 6.45) is 5.30. The van der Waals surface area contributed by atoms with Gasteiger partial charge in [0.1, 0.15) is 0 Å². The number of nitrogens with zero attached hydrogens (tertiary/aromatic N) is 1. The molecule has 0 amide bonds. The van der Waals surface area contributed by atoms with E-state index in [2.05, 4.69) is 24.9 Å². The van der Waals surface area contributed by atoms with Crippen LogP contribution in [-0.4, -0.2) is 4.98 Å². The van der Waals surface area contributed by atoms with Crippen molar-refractivity contribution in [2.75, 3.05) is 0 Å². The van der Waals surface area contributed by atoms with Crippen LogP contribution in [0, 0.1) is 0 Å². The van der Waals surface area contributed by atoms with Crippen molar-refractivity contribution in [2.45, 2.75) is 47.0 Å². The maximum Gasteiger partial charge on any atom is 0.0432 e. The van der Waals surface area contributed by atoms with Crippen molar-refractivity contribution in [3.05, 3.63) is 29.6 Å². The van der Waals surface area contributed by atoms with Crippen molar-refractivity contribution in [1.29, 1.82) is 0 Å². The van der Waals surface area contributed by atoms with E-state index in [4.69, 9.17) is 0 Å². The highest BCUT2D eigenvalue weighted by Gasteiger charge is 1.97. The van der Waals surface area contributed by atoms with Gasteiger partial charge in [-0.25, -0.2) is 0 Å². The molecule has 0 saturated carbocycles. The van der Waals surface area contributed by atoms with Crippen molar-refractivity contribution < 1.29 is 0 Å². The van der Waals surface area contributed by atoms with E-state index in [1.54, 1.807) is 0 Å². The number of hydrogen-bond donors (Lipinski definition) is 0. The maximum atomic E-state index is 4.32. The average molecular weight is 179 g/mol. The molecule has 0 N–H and O–H groups in total. The normalized spacial score (nSPS) is 8.92. The van der Waals surface area contributed by atoms with E-state index in [0.29, 0.717) is 0 Å². The number of aryl methyl sites for hydroxylation is 2. The zero-order valence-electron chi connectivity index (χ0n) is 9.30. The molecule has 74 valence electrons. The summed E-state index contributed by atoms with van der Waals surface area (Å²) in [7, 11) is 0. The minimum atomic E-state index is 1.05. The number of hydrogen-bond acceptors (Lipinski definition) is 1. The molecular weight excluding hydrogens is 158 g/mol. The molecular formula is C12H21N. The van der Waals surface area contributed by atoms with Crippen molar-refractivity contribution in [1.82, 2.24) is 4.98 Å². The number of aromatic nitrogens is 1. The Labute approximate surface area is 82.2 Å². The van der Waals surface area contributed by atoms with Crippen LogP contribution in [0.4, 0.5) is 0 Å². The molecule has 0 unspecified atom stereocenters. The van der Waals surface area contributed by atoms with Crippen LogP contribution in [0.3, 0.4) is 0 Å². The fourth-order valence-electron chi connectivity index (χ4n) is 1.29. The minimum Gasteiger partial charge on any atom is -0.261 e. The van der Waals surface area contributed by atoms with Crippen LogP contribution in [0.25, 0.3) is 0 Å². The molecule has 1 rings (SSSR count). The molecule has 1 aromatic heterocycles. The van der Waals surface area contributed by atoms with Gasteiger partial charge in [0.25, 0.3) is 0 Å². The summed E-state index contributed by atoms with van der Waals surface area (Å²) in [6, 6.07) is 4.19. The molecule has 0 spiro atoms. The van der Waals surface area contributed by atoms with E-state index < -0.39 is 0 Å². The zero-order valence-corrected chi connectivity index (χ0v) is 9.30. The lowest BCUT2D eigenvalue weighted by atomic mass is 10.1. The van der Waals surface area contributed by atoms with Crippen molar-refractivity contribution in [2.24, 2.45) is 0 Å². The molecule has 0 aliphatic heterocycles. The van der Waals surface area contributed by atoms with Gasteiger partial charge in [0.05, 0.1) is 0 Å². The first-order valence-corrected chi connectivity index (χ1v) is 5.31. The summed E-state index contributed by atoms with van der Waals surface area (Å²) in [5.41, 5.74) is 2.67. The lowest BCUT2D eigenvalue weighted by molar-refractivity contribution is 0.876. The molecule has 0 bridgehead atoms. The second-order valence-corrected chi connectivity index (χ2v) is 2.71. The predicted molar refractivity (Wildman–Crippen MR) is 59.0 cm³/mol. The molecule has 13 heavy (non-hydrogen) atoms. The van der Waals surface area contributed by atoms with E-state index in [-0.39, 0.29) is 0 Å². The molecule has 1 aromatic rings. The van der Waals surface area contributed by atoms with E-state index in [9.17, 15) is 0 Å². The average Bonchev–Trinajstić information content (AvgIpc) is 2.22. The highest BCUT2D eigenvalue weighted by Crippen LogP contribution is 2.07. The van der Waals surface area contributed by atoms with Gasteiger partial charge in [-0.3, -0.25) is 4.98 Å². The van der Waals surface area contributed by atoms with Crippen molar-refractivity contribution in [3.8, 4) is 0 Å². The zero-order chi connectivity index (χ0) is 10.1. The number of pyridine rings is 1. The molecule has 1 heterocycles. The van der Waals surface area contributed by atoms with Gasteiger partial charge in [0.15, 0.2) is 0 Å². The molecule has 0 aliphatic carbocycles. The second-order valence-electron chi connectivity index (χ2n) is 2.71. The van der Waals surface area contributed by atoms with Crippen molar-refractivity contribution in [3.63, 3.8) is 0 Å². The Morgan fingerprint density at radius 3 is 2.46 bits per heavy atom. The first-order chi connectivity index (χ1) is 6.38. The first-order valence-electron chi connectivity index (χ1n) is 5.31. The van der Waals surface area contributed by atoms with Gasteiger partial charge in [-0.15, -0.1) is 0 Å². The lowest BCUT2D eigenvalue weighted by Gasteiger charge is -2.03. The topological polar surface area (TPSA) is 12.9 Å². The van der Waals surface area contributed by atoms with Crippen LogP contribution in [-0.2, 0) is 12.8 Å². The van der Waals surface area contributed by atoms with E-state index >= 15 is 0 Å². The quantitative estimate of drug-likeness (QED) is 0.690. The second kappa shape index (κ2) is 7.78. The Morgan fingerprint density at radius 2 is 1.92 bits per heavy atom. The minimum absolute atomic E-state index is 1.05. The van der Waals surface area contributed by atoms with Gasteiger partial charge < -0.3 is 0 Å². The monoisotopic (exact) mass is 179 g/mol. The van der Waals surface area contributed by atoms with Gasteiger partial charge in [-0.05, 0) is 24.5 Å². The van der Waals surface area contributed by atoms with Crippen LogP contribution in [0.15, 0.2) is 18.3 Å². The SMILES string of the molecule is CC.CCCc1cccnc1CC. The molecule has 0 atom stereocenters. The number of rotatable bonds is 3. The summed E-state index contributed by atoms with van der Waals surface area (Å²) in [5, 5.41) is 0.